The maximum Gasteiger partial charge on any atom is 0.381 e. The Labute approximate surface area is 116 Å². The van der Waals surface area contributed by atoms with Crippen molar-refractivity contribution in [1.82, 2.24) is 14.9 Å². The summed E-state index contributed by atoms with van der Waals surface area (Å²) in [5, 5.41) is 13.2. The third-order valence-electron chi connectivity index (χ3n) is 2.21. The van der Waals surface area contributed by atoms with Gasteiger partial charge in [0.15, 0.2) is 0 Å². The molecule has 0 aromatic carbocycles. The zero-order valence-electron chi connectivity index (χ0n) is 11.0. The van der Waals surface area contributed by atoms with Gasteiger partial charge in [0.25, 0.3) is 0 Å². The molecule has 1 aromatic heterocycles. The summed E-state index contributed by atoms with van der Waals surface area (Å²) in [5.74, 6) is -0.104. The Morgan fingerprint density at radius 2 is 2.21 bits per heavy atom. The molecule has 0 aliphatic heterocycles. The molecule has 1 amide bonds. The molecule has 19 heavy (non-hydrogen) atoms. The molecule has 3 N–H and O–H groups in total. The number of halogens is 1. The van der Waals surface area contributed by atoms with Gasteiger partial charge in [0, 0.05) is 19.0 Å². The van der Waals surface area contributed by atoms with Crippen molar-refractivity contribution >= 4 is 24.1 Å². The van der Waals surface area contributed by atoms with Gasteiger partial charge in [-0.3, -0.25) is 9.36 Å². The fourth-order valence-electron chi connectivity index (χ4n) is 1.28. The van der Waals surface area contributed by atoms with Gasteiger partial charge in [-0.1, -0.05) is 0 Å². The van der Waals surface area contributed by atoms with Crippen LogP contribution in [0.4, 0.5) is 5.82 Å². The van der Waals surface area contributed by atoms with Gasteiger partial charge in [-0.05, 0) is 23.8 Å². The summed E-state index contributed by atoms with van der Waals surface area (Å²) in [6.07, 6.45) is 1.24. The summed E-state index contributed by atoms with van der Waals surface area (Å²) < 4.78 is 1.43. The number of amides is 1. The van der Waals surface area contributed by atoms with E-state index in [2.05, 4.69) is 10.3 Å². The molecule has 0 aliphatic rings. The third kappa shape index (κ3) is 5.66. The van der Waals surface area contributed by atoms with Gasteiger partial charge in [-0.15, -0.1) is 12.4 Å². The minimum absolute atomic E-state index is 0. The first-order valence-electron chi connectivity index (χ1n) is 5.43. The molecule has 0 unspecified atom stereocenters. The van der Waals surface area contributed by atoms with Crippen LogP contribution in [0.25, 0.3) is 0 Å². The number of aryl methyl sites for hydroxylation is 1. The monoisotopic (exact) mass is 291 g/mol. The zero-order valence-corrected chi connectivity index (χ0v) is 11.9. The lowest BCUT2D eigenvalue weighted by Crippen LogP contribution is -2.45. The molecule has 1 aromatic rings. The van der Waals surface area contributed by atoms with Crippen LogP contribution >= 0.6 is 12.4 Å². The third-order valence-corrected chi connectivity index (χ3v) is 2.21. The van der Waals surface area contributed by atoms with Crippen LogP contribution in [0, 0.1) is 17.0 Å². The normalized spacial score (nSPS) is 10.7. The van der Waals surface area contributed by atoms with E-state index in [1.807, 2.05) is 0 Å². The standard InChI is InChI=1S/C10H17N5O3.ClH/c1-7-13-8(15(17)18)4-14(7)5-9(16)12-6-10(2,3)11;/h4H,5-6,11H2,1-3H3,(H,12,16);1H. The number of hydrogen-bond acceptors (Lipinski definition) is 5. The summed E-state index contributed by atoms with van der Waals surface area (Å²) in [4.78, 5) is 25.3. The molecule has 1 rings (SSSR count). The number of hydrogen-bond donors (Lipinski definition) is 2. The summed E-state index contributed by atoms with van der Waals surface area (Å²) in [7, 11) is 0. The fraction of sp³-hybridized carbons (Fsp3) is 0.600. The summed E-state index contributed by atoms with van der Waals surface area (Å²) in [6.45, 7) is 5.51. The van der Waals surface area contributed by atoms with Crippen LogP contribution in [0.1, 0.15) is 19.7 Å². The first kappa shape index (κ1) is 17.3. The van der Waals surface area contributed by atoms with Gasteiger partial charge < -0.3 is 21.2 Å². The first-order chi connectivity index (χ1) is 8.19. The van der Waals surface area contributed by atoms with Crippen molar-refractivity contribution in [2.24, 2.45) is 5.73 Å². The molecular weight excluding hydrogens is 274 g/mol. The SMILES string of the molecule is Cc1nc([N+](=O)[O-])cn1CC(=O)NCC(C)(C)N.Cl. The number of aromatic nitrogens is 2. The van der Waals surface area contributed by atoms with Gasteiger partial charge >= 0.3 is 5.82 Å². The Bertz CT molecular complexity index is 466. The average Bonchev–Trinajstić information content (AvgIpc) is 2.57. The molecule has 0 spiro atoms. The topological polar surface area (TPSA) is 116 Å². The molecule has 0 fully saturated rings. The molecule has 0 saturated heterocycles. The first-order valence-corrected chi connectivity index (χ1v) is 5.43. The summed E-state index contributed by atoms with van der Waals surface area (Å²) in [6, 6.07) is 0. The van der Waals surface area contributed by atoms with Crippen molar-refractivity contribution in [2.45, 2.75) is 32.9 Å². The van der Waals surface area contributed by atoms with Gasteiger partial charge in [-0.2, -0.15) is 0 Å². The van der Waals surface area contributed by atoms with Crippen molar-refractivity contribution in [3.05, 3.63) is 22.1 Å². The van der Waals surface area contributed by atoms with Crippen molar-refractivity contribution < 1.29 is 9.72 Å². The molecule has 108 valence electrons. The van der Waals surface area contributed by atoms with Crippen molar-refractivity contribution in [1.29, 1.82) is 0 Å². The van der Waals surface area contributed by atoms with E-state index >= 15 is 0 Å². The summed E-state index contributed by atoms with van der Waals surface area (Å²) >= 11 is 0. The number of nitrogens with one attached hydrogen (secondary N) is 1. The lowest BCUT2D eigenvalue weighted by molar-refractivity contribution is -0.389. The van der Waals surface area contributed by atoms with Crippen LogP contribution in [-0.2, 0) is 11.3 Å². The number of nitrogens with two attached hydrogens (primary N) is 1. The number of nitrogens with zero attached hydrogens (tertiary/aromatic N) is 3. The highest BCUT2D eigenvalue weighted by molar-refractivity contribution is 5.85. The molecule has 8 nitrogen and oxygen atoms in total. The van der Waals surface area contributed by atoms with Gasteiger partial charge in [0.05, 0.1) is 0 Å². The number of imidazole rings is 1. The second-order valence-corrected chi connectivity index (χ2v) is 4.80. The Hall–Kier alpha value is -1.67. The van der Waals surface area contributed by atoms with Crippen LogP contribution in [0.15, 0.2) is 6.20 Å². The van der Waals surface area contributed by atoms with Gasteiger partial charge in [0.1, 0.15) is 12.7 Å². The van der Waals surface area contributed by atoms with E-state index in [4.69, 9.17) is 5.73 Å². The smallest absolute Gasteiger partial charge is 0.358 e. The maximum atomic E-state index is 11.6. The van der Waals surface area contributed by atoms with Crippen LogP contribution in [0.2, 0.25) is 0 Å². The predicted molar refractivity (Wildman–Crippen MR) is 72.1 cm³/mol. The van der Waals surface area contributed by atoms with Crippen molar-refractivity contribution in [2.75, 3.05) is 6.54 Å². The summed E-state index contributed by atoms with van der Waals surface area (Å²) in [5.41, 5.74) is 5.23. The lowest BCUT2D eigenvalue weighted by Gasteiger charge is -2.18. The Kier molecular flexibility index (Phi) is 5.91. The van der Waals surface area contributed by atoms with Crippen LogP contribution in [0.5, 0.6) is 0 Å². The van der Waals surface area contributed by atoms with Gasteiger partial charge in [0.2, 0.25) is 11.7 Å². The molecule has 0 aliphatic carbocycles. The minimum Gasteiger partial charge on any atom is -0.358 e. The van der Waals surface area contributed by atoms with Crippen LogP contribution in [0.3, 0.4) is 0 Å². The molecule has 9 heteroatoms. The van der Waals surface area contributed by atoms with Crippen molar-refractivity contribution in [3.63, 3.8) is 0 Å². The Morgan fingerprint density at radius 1 is 1.63 bits per heavy atom. The highest BCUT2D eigenvalue weighted by atomic mass is 35.5. The molecule has 0 radical (unpaired) electrons. The minimum atomic E-state index is -0.593. The van der Waals surface area contributed by atoms with Crippen molar-refractivity contribution in [3.8, 4) is 0 Å². The van der Waals surface area contributed by atoms with E-state index in [-0.39, 0.29) is 30.7 Å². The second-order valence-electron chi connectivity index (χ2n) is 4.80. The average molecular weight is 292 g/mol. The second kappa shape index (κ2) is 6.48. The molecule has 0 saturated carbocycles. The number of nitro groups is 1. The quantitative estimate of drug-likeness (QED) is 0.601. The maximum absolute atomic E-state index is 11.6. The molecule has 0 atom stereocenters. The van der Waals surface area contributed by atoms with Gasteiger partial charge in [-0.25, -0.2) is 0 Å². The molecule has 0 bridgehead atoms. The lowest BCUT2D eigenvalue weighted by atomic mass is 10.1. The highest BCUT2D eigenvalue weighted by Crippen LogP contribution is 2.09. The van der Waals surface area contributed by atoms with Crippen LogP contribution < -0.4 is 11.1 Å². The predicted octanol–water partition coefficient (Wildman–Crippen LogP) is 0.375. The largest absolute Gasteiger partial charge is 0.381 e. The van der Waals surface area contributed by atoms with E-state index < -0.39 is 10.5 Å². The number of carbonyl (C=O) groups excluding carboxylic acids is 1. The Morgan fingerprint density at radius 3 is 2.63 bits per heavy atom. The van der Waals surface area contributed by atoms with E-state index in [0.29, 0.717) is 12.4 Å². The Balaban J connectivity index is 0.00000324. The number of rotatable bonds is 5. The fourth-order valence-corrected chi connectivity index (χ4v) is 1.28. The molecular formula is C10H18ClN5O3. The van der Waals surface area contributed by atoms with E-state index in [9.17, 15) is 14.9 Å². The van der Waals surface area contributed by atoms with E-state index in [0.717, 1.165) is 0 Å². The van der Waals surface area contributed by atoms with E-state index in [1.54, 1.807) is 20.8 Å². The molecule has 1 heterocycles. The zero-order chi connectivity index (χ0) is 13.9. The van der Waals surface area contributed by atoms with Crippen LogP contribution in [-0.4, -0.2) is 32.5 Å². The number of carbonyl (C=O) groups is 1. The highest BCUT2D eigenvalue weighted by Gasteiger charge is 2.18. The van der Waals surface area contributed by atoms with E-state index in [1.165, 1.54) is 10.8 Å².